The number of para-hydroxylation sites is 1. The summed E-state index contributed by atoms with van der Waals surface area (Å²) in [7, 11) is 0. The quantitative estimate of drug-likeness (QED) is 0.0468. The van der Waals surface area contributed by atoms with Gasteiger partial charge in [0.25, 0.3) is 11.8 Å². The molecule has 0 saturated carbocycles. The minimum absolute atomic E-state index is 0.0290. The molecule has 3 aliphatic heterocycles. The number of carbonyl (C=O) groups is 5. The zero-order valence-corrected chi connectivity index (χ0v) is 42.5. The van der Waals surface area contributed by atoms with E-state index in [0.717, 1.165) is 24.2 Å². The number of esters is 1. The Kier molecular flexibility index (Phi) is 13.0. The number of imidazole rings is 2. The zero-order chi connectivity index (χ0) is 54.6. The van der Waals surface area contributed by atoms with Gasteiger partial charge in [-0.25, -0.2) is 19.2 Å². The van der Waals surface area contributed by atoms with Crippen LogP contribution in [0.2, 0.25) is 5.02 Å². The summed E-state index contributed by atoms with van der Waals surface area (Å²) in [6.07, 6.45) is 1.55. The van der Waals surface area contributed by atoms with Crippen LogP contribution in [0, 0.1) is 5.82 Å². The van der Waals surface area contributed by atoms with Crippen molar-refractivity contribution < 1.29 is 48.0 Å². The van der Waals surface area contributed by atoms with Crippen LogP contribution >= 0.6 is 11.6 Å². The van der Waals surface area contributed by atoms with E-state index in [4.69, 9.17) is 21.1 Å². The molecule has 1 saturated heterocycles. The van der Waals surface area contributed by atoms with Crippen LogP contribution < -0.4 is 25.2 Å². The summed E-state index contributed by atoms with van der Waals surface area (Å²) >= 11 is 6.12. The lowest BCUT2D eigenvalue weighted by atomic mass is 9.93. The van der Waals surface area contributed by atoms with Gasteiger partial charge < -0.3 is 29.7 Å². The number of aromatic amines is 2. The molecule has 2 aromatic heterocycles. The molecule has 4 amide bonds. The van der Waals surface area contributed by atoms with E-state index in [2.05, 4.69) is 30.6 Å². The van der Waals surface area contributed by atoms with Crippen molar-refractivity contribution in [2.75, 3.05) is 33.5 Å². The number of benzene rings is 7. The normalized spacial score (nSPS) is 18.4. The molecule has 18 nitrogen and oxygen atoms in total. The molecule has 79 heavy (non-hydrogen) atoms. The minimum Gasteiger partial charge on any atom is -0.457 e. The highest BCUT2D eigenvalue weighted by atomic mass is 35.5. The molecule has 7 aromatic carbocycles. The van der Waals surface area contributed by atoms with Crippen molar-refractivity contribution in [3.8, 4) is 11.5 Å². The summed E-state index contributed by atoms with van der Waals surface area (Å²) in [6, 6.07) is 43.1. The molecule has 3 aliphatic rings. The third-order valence-electron chi connectivity index (χ3n) is 14.4. The lowest BCUT2D eigenvalue weighted by molar-refractivity contribution is -0.166. The maximum atomic E-state index is 15.5. The largest absolute Gasteiger partial charge is 0.457 e. The number of nitrogens with zero attached hydrogens (tertiary/aromatic N) is 5. The number of ether oxygens (including phenoxy) is 2. The van der Waals surface area contributed by atoms with E-state index in [1.54, 1.807) is 84.9 Å². The number of fused-ring (bicyclic) bond motifs is 4. The van der Waals surface area contributed by atoms with E-state index in [-0.39, 0.29) is 52.1 Å². The van der Waals surface area contributed by atoms with Crippen LogP contribution in [0.5, 0.6) is 11.5 Å². The van der Waals surface area contributed by atoms with E-state index in [1.165, 1.54) is 47.4 Å². The first-order valence-electron chi connectivity index (χ1n) is 25.4. The first-order chi connectivity index (χ1) is 38.3. The number of likely N-dealkylation sites (tertiary alicyclic amines) is 1. The minimum atomic E-state index is -2.20. The molecule has 12 rings (SSSR count). The van der Waals surface area contributed by atoms with Crippen molar-refractivity contribution in [3.05, 3.63) is 202 Å². The van der Waals surface area contributed by atoms with Crippen LogP contribution in [0.1, 0.15) is 75.1 Å². The maximum Gasteiger partial charge on any atom is 0.398 e. The fraction of sp³-hybridized carbons (Fsp3) is 0.169. The average molecular weight is 1080 g/mol. The summed E-state index contributed by atoms with van der Waals surface area (Å²) in [5.74, 6) is -3.75. The third kappa shape index (κ3) is 9.07. The van der Waals surface area contributed by atoms with Crippen LogP contribution in [0.4, 0.5) is 27.7 Å². The molecule has 396 valence electrons. The van der Waals surface area contributed by atoms with Crippen molar-refractivity contribution in [2.24, 2.45) is 0 Å². The number of hydrogen-bond acceptors (Lipinski definition) is 12. The number of carbonyl (C=O) groups excluding carboxylic acids is 5. The summed E-state index contributed by atoms with van der Waals surface area (Å²) in [5.41, 5.74) is -0.896. The molecule has 6 N–H and O–H groups in total. The van der Waals surface area contributed by atoms with E-state index in [9.17, 15) is 34.2 Å². The van der Waals surface area contributed by atoms with Gasteiger partial charge in [0.05, 0.1) is 38.5 Å². The number of halogens is 2. The summed E-state index contributed by atoms with van der Waals surface area (Å²) in [5, 5.41) is 30.3. The molecule has 3 unspecified atom stereocenters. The van der Waals surface area contributed by atoms with Crippen molar-refractivity contribution >= 4 is 86.5 Å². The van der Waals surface area contributed by atoms with Gasteiger partial charge in [0.15, 0.2) is 23.5 Å². The third-order valence-corrected chi connectivity index (χ3v) is 14.7. The Labute approximate surface area is 454 Å². The van der Waals surface area contributed by atoms with Gasteiger partial charge in [-0.3, -0.25) is 44.5 Å². The molecular weight excluding hydrogens is 1030 g/mol. The van der Waals surface area contributed by atoms with Crippen LogP contribution in [0.25, 0.3) is 22.1 Å². The number of anilines is 4. The van der Waals surface area contributed by atoms with Crippen LogP contribution in [-0.4, -0.2) is 84.0 Å². The topological polar surface area (TPSA) is 235 Å². The predicted molar refractivity (Wildman–Crippen MR) is 291 cm³/mol. The van der Waals surface area contributed by atoms with Gasteiger partial charge in [-0.15, -0.1) is 0 Å². The monoisotopic (exact) mass is 1080 g/mol. The second-order valence-corrected chi connectivity index (χ2v) is 19.7. The smallest absolute Gasteiger partial charge is 0.398 e. The Hall–Kier alpha value is -9.27. The van der Waals surface area contributed by atoms with Crippen LogP contribution in [0.3, 0.4) is 0 Å². The number of piperidine rings is 1. The Balaban J connectivity index is 0.731. The van der Waals surface area contributed by atoms with Gasteiger partial charge >= 0.3 is 11.9 Å². The van der Waals surface area contributed by atoms with Gasteiger partial charge in [-0.1, -0.05) is 96.9 Å². The Morgan fingerprint density at radius 2 is 1.23 bits per heavy atom. The van der Waals surface area contributed by atoms with Crippen LogP contribution in [-0.2, 0) is 30.6 Å². The van der Waals surface area contributed by atoms with Gasteiger partial charge in [0.1, 0.15) is 11.5 Å². The molecule has 5 heterocycles. The summed E-state index contributed by atoms with van der Waals surface area (Å²) < 4.78 is 27.4. The first-order valence-corrected chi connectivity index (χ1v) is 25.8. The number of nitrogens with one attached hydrogen (secondary N) is 4. The molecule has 0 bridgehead atoms. The molecule has 0 radical (unpaired) electrons. The number of aliphatic hydroxyl groups is 2. The highest BCUT2D eigenvalue weighted by Gasteiger charge is 2.53. The van der Waals surface area contributed by atoms with E-state index in [0.29, 0.717) is 69.0 Å². The van der Waals surface area contributed by atoms with E-state index < -0.39 is 53.1 Å². The second kappa shape index (κ2) is 20.3. The molecular formula is C59H47ClFN9O9. The average Bonchev–Trinajstić information content (AvgIpc) is 4.41. The highest BCUT2D eigenvalue weighted by molar-refractivity contribution is 6.37. The van der Waals surface area contributed by atoms with Crippen molar-refractivity contribution in [2.45, 2.75) is 49.8 Å². The molecule has 3 atom stereocenters. The number of amides is 4. The van der Waals surface area contributed by atoms with Gasteiger partial charge in [-0.2, -0.15) is 0 Å². The Morgan fingerprint density at radius 1 is 0.658 bits per heavy atom. The maximum absolute atomic E-state index is 15.5. The predicted octanol–water partition coefficient (Wildman–Crippen LogP) is 9.44. The number of H-pyrrole nitrogens is 2. The lowest BCUT2D eigenvalue weighted by Gasteiger charge is -2.35. The summed E-state index contributed by atoms with van der Waals surface area (Å²) in [6.45, 7) is 1.13. The van der Waals surface area contributed by atoms with Crippen LogP contribution in [0.15, 0.2) is 158 Å². The molecule has 9 aromatic rings. The lowest BCUT2D eigenvalue weighted by Crippen LogP contribution is -2.45. The molecule has 20 heteroatoms. The Bertz CT molecular complexity index is 3920. The van der Waals surface area contributed by atoms with Gasteiger partial charge in [0.2, 0.25) is 17.8 Å². The van der Waals surface area contributed by atoms with Crippen molar-refractivity contribution in [3.63, 3.8) is 0 Å². The van der Waals surface area contributed by atoms with Gasteiger partial charge in [-0.05, 0) is 85.6 Å². The number of rotatable bonds is 13. The fourth-order valence-electron chi connectivity index (χ4n) is 10.7. The summed E-state index contributed by atoms with van der Waals surface area (Å²) in [4.78, 5) is 87.8. The standard InChI is InChI=1S/C59H47ClFN9O9/c60-43-21-12-22-48(51(43)61)70-54(74)40-18-6-8-20-42(40)59(70,77)35-24-26-45-47(32-35)65-57(63-45)67-52(72)55(75)79-50(68-29-9-2-10-30-68)28-27-49(71)66-56-62-44-25-23-34(31-46(44)64-56)58(76)41-19-7-5-17-39(41)53(73)69(58)36-13-11-16-38(33-36)78-37-14-3-1-4-15-37/h1,3-8,11-26,31-33,50,76-77H,2,9-10,27-30H2,(H2,62,64,66,71)(H2,63,65,67,72). The molecule has 0 spiro atoms. The molecule has 0 aliphatic carbocycles. The number of hydrogen-bond donors (Lipinski definition) is 6. The first kappa shape index (κ1) is 50.5. The zero-order valence-electron chi connectivity index (χ0n) is 41.8. The van der Waals surface area contributed by atoms with Crippen molar-refractivity contribution in [1.82, 2.24) is 24.8 Å². The second-order valence-electron chi connectivity index (χ2n) is 19.3. The Morgan fingerprint density at radius 3 is 1.89 bits per heavy atom. The number of aromatic nitrogens is 4. The van der Waals surface area contributed by atoms with Gasteiger partial charge in [0, 0.05) is 65.4 Å². The van der Waals surface area contributed by atoms with Crippen molar-refractivity contribution in [1.29, 1.82) is 0 Å². The SMILES string of the molecule is O=C(CCC(OC(=O)C(=O)Nc1nc2ccc(C3(O)c4ccccc4C(=O)N3c3cccc(Cl)c3F)cc2[nH]1)N1CCCCC1)Nc1nc2ccc(C3(O)c4ccccc4C(=O)N3c3cccc(Oc4ccccc4)c3)cc2[nH]1. The van der Waals surface area contributed by atoms with E-state index in [1.807, 2.05) is 35.2 Å². The van der Waals surface area contributed by atoms with E-state index >= 15 is 4.39 Å². The molecule has 1 fully saturated rings. The fourth-order valence-corrected chi connectivity index (χ4v) is 10.9. The highest BCUT2D eigenvalue weighted by Crippen LogP contribution is 2.48.